The fraction of sp³-hybridized carbons (Fsp3) is 0. The highest BCUT2D eigenvalue weighted by molar-refractivity contribution is 6.11. The van der Waals surface area contributed by atoms with E-state index in [2.05, 4.69) is 216 Å². The quantitative estimate of drug-likeness (QED) is 0.172. The lowest BCUT2D eigenvalue weighted by molar-refractivity contribution is 0.669. The molecule has 0 aliphatic carbocycles. The van der Waals surface area contributed by atoms with Crippen molar-refractivity contribution in [3.05, 3.63) is 206 Å². The standard InChI is InChI=1S/C52H34N2O/c1-3-12-35(13-4-1)39-25-30-51-46(33-39)47-34-42(28-31-52(47)55-51)53(48-21-11-15-37-14-7-8-18-43(37)48)41-26-22-36(23-27-41)38-24-29-50-45(32-38)44-19-9-10-20-49(44)54(50)40-16-5-2-6-17-40/h1-34H. The maximum Gasteiger partial charge on any atom is 0.135 e. The van der Waals surface area contributed by atoms with Gasteiger partial charge in [-0.05, 0) is 107 Å². The Morgan fingerprint density at radius 1 is 0.345 bits per heavy atom. The summed E-state index contributed by atoms with van der Waals surface area (Å²) in [5.74, 6) is 0. The van der Waals surface area contributed by atoms with Crippen LogP contribution in [-0.2, 0) is 0 Å². The van der Waals surface area contributed by atoms with E-state index in [1.54, 1.807) is 0 Å². The van der Waals surface area contributed by atoms with E-state index < -0.39 is 0 Å². The van der Waals surface area contributed by atoms with Gasteiger partial charge in [0.05, 0.1) is 16.7 Å². The summed E-state index contributed by atoms with van der Waals surface area (Å²) < 4.78 is 8.75. The predicted molar refractivity (Wildman–Crippen MR) is 231 cm³/mol. The Labute approximate surface area is 318 Å². The lowest BCUT2D eigenvalue weighted by Gasteiger charge is -2.27. The van der Waals surface area contributed by atoms with E-state index in [1.807, 2.05) is 0 Å². The van der Waals surface area contributed by atoms with E-state index in [0.29, 0.717) is 0 Å². The van der Waals surface area contributed by atoms with Gasteiger partial charge in [0.25, 0.3) is 0 Å². The van der Waals surface area contributed by atoms with Crippen molar-refractivity contribution in [1.29, 1.82) is 0 Å². The van der Waals surface area contributed by atoms with Gasteiger partial charge in [0.15, 0.2) is 0 Å². The molecule has 2 aromatic heterocycles. The Hall–Kier alpha value is -7.36. The average molecular weight is 703 g/mol. The third-order valence-corrected chi connectivity index (χ3v) is 11.0. The van der Waals surface area contributed by atoms with Crippen LogP contribution >= 0.6 is 0 Å². The first-order valence-corrected chi connectivity index (χ1v) is 18.8. The number of hydrogen-bond acceptors (Lipinski definition) is 2. The molecule has 9 aromatic carbocycles. The Morgan fingerprint density at radius 2 is 0.909 bits per heavy atom. The highest BCUT2D eigenvalue weighted by Crippen LogP contribution is 2.43. The second kappa shape index (κ2) is 12.6. The molecule has 55 heavy (non-hydrogen) atoms. The zero-order chi connectivity index (χ0) is 36.3. The number of aromatic nitrogens is 1. The molecule has 0 fully saturated rings. The normalized spacial score (nSPS) is 11.6. The summed E-state index contributed by atoms with van der Waals surface area (Å²) in [5, 5.41) is 7.09. The first-order chi connectivity index (χ1) is 27.3. The van der Waals surface area contributed by atoms with Crippen molar-refractivity contribution >= 4 is 71.6 Å². The summed E-state index contributed by atoms with van der Waals surface area (Å²) in [5.41, 5.74) is 13.3. The number of nitrogens with zero attached hydrogens (tertiary/aromatic N) is 2. The van der Waals surface area contributed by atoms with Crippen LogP contribution < -0.4 is 4.90 Å². The minimum atomic E-state index is 0.876. The molecular weight excluding hydrogens is 669 g/mol. The van der Waals surface area contributed by atoms with Crippen molar-refractivity contribution in [2.75, 3.05) is 4.90 Å². The van der Waals surface area contributed by atoms with Gasteiger partial charge in [-0.2, -0.15) is 0 Å². The third kappa shape index (κ3) is 5.20. The van der Waals surface area contributed by atoms with Crippen molar-refractivity contribution in [2.45, 2.75) is 0 Å². The van der Waals surface area contributed by atoms with E-state index in [4.69, 9.17) is 4.42 Å². The molecule has 0 spiro atoms. The van der Waals surface area contributed by atoms with E-state index in [1.165, 1.54) is 54.8 Å². The first-order valence-electron chi connectivity index (χ1n) is 18.8. The van der Waals surface area contributed by atoms with E-state index >= 15 is 0 Å². The highest BCUT2D eigenvalue weighted by Gasteiger charge is 2.19. The smallest absolute Gasteiger partial charge is 0.135 e. The molecule has 2 heterocycles. The monoisotopic (exact) mass is 702 g/mol. The summed E-state index contributed by atoms with van der Waals surface area (Å²) in [7, 11) is 0. The molecule has 0 aliphatic rings. The maximum atomic E-state index is 6.39. The van der Waals surface area contributed by atoms with Crippen LogP contribution in [0.1, 0.15) is 0 Å². The SMILES string of the molecule is c1ccc(-c2ccc3oc4ccc(N(c5ccc(-c6ccc7c(c6)c6ccccc6n7-c6ccccc6)cc5)c5cccc6ccccc56)cc4c3c2)cc1. The molecule has 0 atom stereocenters. The van der Waals surface area contributed by atoms with Gasteiger partial charge in [0.1, 0.15) is 11.2 Å². The third-order valence-electron chi connectivity index (χ3n) is 11.0. The predicted octanol–water partition coefficient (Wildman–Crippen LogP) is 14.6. The molecule has 258 valence electrons. The van der Waals surface area contributed by atoms with Crippen LogP contribution in [0.2, 0.25) is 0 Å². The van der Waals surface area contributed by atoms with Gasteiger partial charge in [-0.25, -0.2) is 0 Å². The zero-order valence-corrected chi connectivity index (χ0v) is 29.9. The molecule has 11 rings (SSSR count). The molecule has 0 bridgehead atoms. The Bertz CT molecular complexity index is 3190. The lowest BCUT2D eigenvalue weighted by atomic mass is 10.0. The van der Waals surface area contributed by atoms with Gasteiger partial charge >= 0.3 is 0 Å². The van der Waals surface area contributed by atoms with Crippen molar-refractivity contribution in [3.8, 4) is 27.9 Å². The minimum Gasteiger partial charge on any atom is -0.456 e. The number of anilines is 3. The Morgan fingerprint density at radius 3 is 1.73 bits per heavy atom. The van der Waals surface area contributed by atoms with Crippen molar-refractivity contribution in [1.82, 2.24) is 4.57 Å². The molecule has 0 unspecified atom stereocenters. The van der Waals surface area contributed by atoms with Gasteiger partial charge in [-0.15, -0.1) is 0 Å². The summed E-state index contributed by atoms with van der Waals surface area (Å²) in [6.45, 7) is 0. The van der Waals surface area contributed by atoms with Crippen LogP contribution in [0, 0.1) is 0 Å². The van der Waals surface area contributed by atoms with Crippen LogP contribution in [0.25, 0.3) is 82.5 Å². The van der Waals surface area contributed by atoms with Crippen molar-refractivity contribution in [2.24, 2.45) is 0 Å². The molecule has 0 radical (unpaired) electrons. The molecule has 0 saturated heterocycles. The van der Waals surface area contributed by atoms with Gasteiger partial charge in [-0.1, -0.05) is 127 Å². The number of para-hydroxylation sites is 2. The summed E-state index contributed by atoms with van der Waals surface area (Å²) >= 11 is 0. The number of rotatable bonds is 6. The molecule has 3 heteroatoms. The fourth-order valence-electron chi connectivity index (χ4n) is 8.36. The van der Waals surface area contributed by atoms with Gasteiger partial charge in [0.2, 0.25) is 0 Å². The first kappa shape index (κ1) is 31.2. The second-order valence-corrected chi connectivity index (χ2v) is 14.2. The van der Waals surface area contributed by atoms with Gasteiger partial charge in [-0.3, -0.25) is 0 Å². The fourth-order valence-corrected chi connectivity index (χ4v) is 8.36. The number of benzene rings is 9. The minimum absolute atomic E-state index is 0.876. The van der Waals surface area contributed by atoms with Crippen LogP contribution in [-0.4, -0.2) is 4.57 Å². The van der Waals surface area contributed by atoms with Crippen LogP contribution in [0.3, 0.4) is 0 Å². The summed E-state index contributed by atoms with van der Waals surface area (Å²) in [6.07, 6.45) is 0. The second-order valence-electron chi connectivity index (χ2n) is 14.2. The molecule has 11 aromatic rings. The molecule has 0 saturated carbocycles. The summed E-state index contributed by atoms with van der Waals surface area (Å²) in [4.78, 5) is 2.38. The van der Waals surface area contributed by atoms with Crippen LogP contribution in [0.5, 0.6) is 0 Å². The van der Waals surface area contributed by atoms with Crippen LogP contribution in [0.4, 0.5) is 17.1 Å². The Kier molecular flexibility index (Phi) is 7.17. The topological polar surface area (TPSA) is 21.3 Å². The number of hydrogen-bond donors (Lipinski definition) is 0. The van der Waals surface area contributed by atoms with Gasteiger partial charge < -0.3 is 13.9 Å². The van der Waals surface area contributed by atoms with Crippen LogP contribution in [0.15, 0.2) is 211 Å². The molecule has 3 nitrogen and oxygen atoms in total. The largest absolute Gasteiger partial charge is 0.456 e. The van der Waals surface area contributed by atoms with E-state index in [-0.39, 0.29) is 0 Å². The lowest BCUT2D eigenvalue weighted by Crippen LogP contribution is -2.10. The molecule has 0 aliphatic heterocycles. The number of fused-ring (bicyclic) bond motifs is 7. The molecular formula is C52H34N2O. The summed E-state index contributed by atoms with van der Waals surface area (Å²) in [6, 6.07) is 74.0. The van der Waals surface area contributed by atoms with Crippen molar-refractivity contribution in [3.63, 3.8) is 0 Å². The molecule has 0 amide bonds. The van der Waals surface area contributed by atoms with E-state index in [9.17, 15) is 0 Å². The maximum absolute atomic E-state index is 6.39. The van der Waals surface area contributed by atoms with Gasteiger partial charge in [0, 0.05) is 44.0 Å². The number of furan rings is 1. The highest BCUT2D eigenvalue weighted by atomic mass is 16.3. The average Bonchev–Trinajstić information content (AvgIpc) is 3.79. The van der Waals surface area contributed by atoms with E-state index in [0.717, 1.165) is 44.7 Å². The zero-order valence-electron chi connectivity index (χ0n) is 29.9. The van der Waals surface area contributed by atoms with Crippen molar-refractivity contribution < 1.29 is 4.42 Å². The Balaban J connectivity index is 1.05. The molecule has 0 N–H and O–H groups in total.